The molecule has 1 aromatic rings. The summed E-state index contributed by atoms with van der Waals surface area (Å²) in [7, 11) is 1.76. The lowest BCUT2D eigenvalue weighted by Crippen LogP contribution is -2.32. The number of aryl methyl sites for hydroxylation is 1. The summed E-state index contributed by atoms with van der Waals surface area (Å²) in [5, 5.41) is 4.09. The van der Waals surface area contributed by atoms with Crippen LogP contribution in [0.3, 0.4) is 0 Å². The molecule has 0 saturated carbocycles. The van der Waals surface area contributed by atoms with Crippen LogP contribution in [0.15, 0.2) is 6.33 Å². The molecule has 1 aliphatic heterocycles. The van der Waals surface area contributed by atoms with E-state index in [4.69, 9.17) is 5.73 Å². The number of nitrogens with zero attached hydrogens (tertiary/aromatic N) is 4. The lowest BCUT2D eigenvalue weighted by atomic mass is 10.1. The minimum atomic E-state index is -0.183. The van der Waals surface area contributed by atoms with Crippen LogP contribution < -0.4 is 5.73 Å². The molecule has 0 spiro atoms. The fourth-order valence-electron chi connectivity index (χ4n) is 2.01. The quantitative estimate of drug-likeness (QED) is 0.714. The van der Waals surface area contributed by atoms with Crippen LogP contribution in [0.5, 0.6) is 0 Å². The van der Waals surface area contributed by atoms with Gasteiger partial charge in [0.25, 0.3) is 0 Å². The fraction of sp³-hybridized carbons (Fsp3) is 0.667. The van der Waals surface area contributed by atoms with Gasteiger partial charge in [-0.3, -0.25) is 4.79 Å². The largest absolute Gasteiger partial charge is 0.334 e. The molecule has 1 fully saturated rings. The van der Waals surface area contributed by atoms with Gasteiger partial charge in [0.1, 0.15) is 12.4 Å². The number of rotatable bonds is 2. The Hall–Kier alpha value is -1.43. The van der Waals surface area contributed by atoms with Crippen molar-refractivity contribution >= 4 is 5.91 Å². The minimum Gasteiger partial charge on any atom is -0.334 e. The molecule has 0 radical (unpaired) electrons. The van der Waals surface area contributed by atoms with Gasteiger partial charge >= 0.3 is 0 Å². The molecule has 1 aliphatic rings. The van der Waals surface area contributed by atoms with Crippen LogP contribution in [0, 0.1) is 0 Å². The van der Waals surface area contributed by atoms with Gasteiger partial charge in [-0.15, -0.1) is 0 Å². The first-order valence-electron chi connectivity index (χ1n) is 5.04. The Morgan fingerprint density at radius 2 is 2.40 bits per heavy atom. The van der Waals surface area contributed by atoms with Crippen molar-refractivity contribution in [1.29, 1.82) is 0 Å². The zero-order valence-corrected chi connectivity index (χ0v) is 8.92. The number of likely N-dealkylation sites (tertiary alicyclic amines) is 1. The maximum atomic E-state index is 11.5. The van der Waals surface area contributed by atoms with E-state index in [-0.39, 0.29) is 18.0 Å². The number of aromatic nitrogens is 3. The van der Waals surface area contributed by atoms with Gasteiger partial charge in [-0.05, 0) is 6.92 Å². The van der Waals surface area contributed by atoms with Crippen molar-refractivity contribution in [2.24, 2.45) is 5.73 Å². The Kier molecular flexibility index (Phi) is 2.44. The van der Waals surface area contributed by atoms with Crippen molar-refractivity contribution in [3.05, 3.63) is 12.2 Å². The summed E-state index contributed by atoms with van der Waals surface area (Å²) in [6.07, 6.45) is 1.89. The van der Waals surface area contributed by atoms with Crippen molar-refractivity contribution in [3.63, 3.8) is 0 Å². The second kappa shape index (κ2) is 3.62. The van der Waals surface area contributed by atoms with Crippen LogP contribution in [0.1, 0.15) is 25.2 Å². The summed E-state index contributed by atoms with van der Waals surface area (Å²) in [6, 6.07) is -0.322. The van der Waals surface area contributed by atoms with Gasteiger partial charge in [0.2, 0.25) is 5.91 Å². The Morgan fingerprint density at radius 3 is 2.93 bits per heavy atom. The third kappa shape index (κ3) is 1.50. The monoisotopic (exact) mass is 209 g/mol. The summed E-state index contributed by atoms with van der Waals surface area (Å²) in [6.45, 7) is 2.72. The first kappa shape index (κ1) is 10.1. The highest BCUT2D eigenvalue weighted by Gasteiger charge is 2.38. The van der Waals surface area contributed by atoms with Crippen LogP contribution in [0.2, 0.25) is 0 Å². The van der Waals surface area contributed by atoms with Gasteiger partial charge in [-0.25, -0.2) is 9.67 Å². The zero-order valence-electron chi connectivity index (χ0n) is 8.92. The predicted octanol–water partition coefficient (Wildman–Crippen LogP) is -0.471. The van der Waals surface area contributed by atoms with Gasteiger partial charge < -0.3 is 10.6 Å². The van der Waals surface area contributed by atoms with E-state index in [0.717, 1.165) is 12.4 Å². The second-order valence-electron chi connectivity index (χ2n) is 3.75. The van der Waals surface area contributed by atoms with E-state index >= 15 is 0 Å². The molecule has 82 valence electrons. The molecular formula is C9H15N5O. The summed E-state index contributed by atoms with van der Waals surface area (Å²) in [4.78, 5) is 17.3. The average Bonchev–Trinajstić information content (AvgIpc) is 2.73. The van der Waals surface area contributed by atoms with Gasteiger partial charge in [0.15, 0.2) is 5.82 Å². The third-order valence-corrected chi connectivity index (χ3v) is 2.84. The number of likely N-dealkylation sites (N-methyl/N-ethyl adjacent to an activating group) is 1. The van der Waals surface area contributed by atoms with E-state index in [1.165, 1.54) is 6.33 Å². The van der Waals surface area contributed by atoms with E-state index in [9.17, 15) is 4.79 Å². The van der Waals surface area contributed by atoms with Crippen molar-refractivity contribution in [3.8, 4) is 0 Å². The summed E-state index contributed by atoms with van der Waals surface area (Å²) >= 11 is 0. The Labute approximate surface area is 88.1 Å². The maximum Gasteiger partial charge on any atom is 0.224 e. The van der Waals surface area contributed by atoms with Crippen LogP contribution in [0.4, 0.5) is 0 Å². The molecule has 6 nitrogen and oxygen atoms in total. The van der Waals surface area contributed by atoms with Crippen molar-refractivity contribution in [2.75, 3.05) is 7.05 Å². The maximum absolute atomic E-state index is 11.5. The first-order valence-corrected chi connectivity index (χ1v) is 5.04. The number of carbonyl (C=O) groups excluding carboxylic acids is 1. The van der Waals surface area contributed by atoms with Crippen molar-refractivity contribution in [1.82, 2.24) is 19.7 Å². The van der Waals surface area contributed by atoms with E-state index in [2.05, 4.69) is 10.1 Å². The molecule has 6 heteroatoms. The van der Waals surface area contributed by atoms with Crippen LogP contribution >= 0.6 is 0 Å². The second-order valence-corrected chi connectivity index (χ2v) is 3.75. The summed E-state index contributed by atoms with van der Waals surface area (Å²) in [5.74, 6) is 0.844. The molecule has 2 heterocycles. The summed E-state index contributed by atoms with van der Waals surface area (Å²) < 4.78 is 1.78. The van der Waals surface area contributed by atoms with E-state index in [1.54, 1.807) is 16.6 Å². The molecule has 2 N–H and O–H groups in total. The fourth-order valence-corrected chi connectivity index (χ4v) is 2.01. The van der Waals surface area contributed by atoms with E-state index in [0.29, 0.717) is 6.42 Å². The van der Waals surface area contributed by atoms with E-state index < -0.39 is 0 Å². The SMILES string of the molecule is CCn1ncnc1[C@H]1[C@H](N)CC(=O)N1C. The van der Waals surface area contributed by atoms with Crippen LogP contribution in [-0.2, 0) is 11.3 Å². The van der Waals surface area contributed by atoms with Gasteiger partial charge in [0, 0.05) is 26.1 Å². The topological polar surface area (TPSA) is 77.0 Å². The Morgan fingerprint density at radius 1 is 1.67 bits per heavy atom. The number of nitrogens with two attached hydrogens (primary N) is 1. The molecule has 0 aromatic carbocycles. The minimum absolute atomic E-state index is 0.0677. The molecule has 2 atom stereocenters. The molecule has 2 rings (SSSR count). The highest BCUT2D eigenvalue weighted by atomic mass is 16.2. The summed E-state index contributed by atoms with van der Waals surface area (Å²) in [5.41, 5.74) is 5.93. The zero-order chi connectivity index (χ0) is 11.0. The predicted molar refractivity (Wildman–Crippen MR) is 53.8 cm³/mol. The van der Waals surface area contributed by atoms with Crippen LogP contribution in [-0.4, -0.2) is 38.7 Å². The van der Waals surface area contributed by atoms with Gasteiger partial charge in [-0.2, -0.15) is 5.10 Å². The molecule has 1 amide bonds. The highest BCUT2D eigenvalue weighted by molar-refractivity contribution is 5.79. The molecule has 1 saturated heterocycles. The number of hydrogen-bond acceptors (Lipinski definition) is 4. The molecule has 1 aromatic heterocycles. The highest BCUT2D eigenvalue weighted by Crippen LogP contribution is 2.28. The number of carbonyl (C=O) groups is 1. The molecule has 0 aliphatic carbocycles. The molecular weight excluding hydrogens is 194 g/mol. The number of hydrogen-bond donors (Lipinski definition) is 1. The number of amides is 1. The first-order chi connectivity index (χ1) is 7.15. The van der Waals surface area contributed by atoms with Gasteiger partial charge in [-0.1, -0.05) is 0 Å². The molecule has 0 bridgehead atoms. The van der Waals surface area contributed by atoms with Crippen molar-refractivity contribution in [2.45, 2.75) is 32.0 Å². The third-order valence-electron chi connectivity index (χ3n) is 2.84. The normalized spacial score (nSPS) is 26.3. The Balaban J connectivity index is 2.34. The lowest BCUT2D eigenvalue weighted by Gasteiger charge is -2.21. The smallest absolute Gasteiger partial charge is 0.224 e. The van der Waals surface area contributed by atoms with Crippen LogP contribution in [0.25, 0.3) is 0 Å². The Bertz CT molecular complexity index is 374. The van der Waals surface area contributed by atoms with Gasteiger partial charge in [0.05, 0.1) is 0 Å². The average molecular weight is 209 g/mol. The molecule has 0 unspecified atom stereocenters. The van der Waals surface area contributed by atoms with E-state index in [1.807, 2.05) is 6.92 Å². The van der Waals surface area contributed by atoms with Crippen molar-refractivity contribution < 1.29 is 4.79 Å². The molecule has 15 heavy (non-hydrogen) atoms. The standard InChI is InChI=1S/C9H15N5O/c1-3-14-9(11-5-12-14)8-6(10)4-7(15)13(8)2/h5-6,8H,3-4,10H2,1-2H3/t6-,8-/m1/s1. The lowest BCUT2D eigenvalue weighted by molar-refractivity contribution is -0.127.